The van der Waals surface area contributed by atoms with Crippen LogP contribution >= 0.6 is 0 Å². The third-order valence-corrected chi connectivity index (χ3v) is 14.5. The quantitative estimate of drug-likeness (QED) is 0.0219. The maximum atomic E-state index is 13.2. The predicted octanol–water partition coefficient (Wildman–Crippen LogP) is 4.98. The fourth-order valence-electron chi connectivity index (χ4n) is 9.59. The molecule has 3 rings (SSSR count). The number of rotatable bonds is 43. The van der Waals surface area contributed by atoms with Crippen LogP contribution in [0.15, 0.2) is 24.3 Å². The standard InChI is InChI=1S/C57H102O20/c1-3-5-7-9-11-13-15-17-19-21-23-25-27-29-31-33-44(60)70-37-40(73-45(61)34-32-30-28-26-24-22-20-18-16-14-12-10-8-6-4-2)38-71-57-54(51(67)47(63)42(36-59)75-57)77-56-53(69)50(66)48(64)43(76-56)39-72-55-52(68)49(65)46(62)41(35-58)74-55/h13,15,19,21,40-43,46-59,62-69H,3-12,14,16-18,20,22-39H2,1-2H3/b15-13-,21-19-/t40-,41?,42?,43?,46?,47-,48+,49+,50?,51+,52-,53-,54?,55+,56+,57+/m1/s1. The second-order valence-electron chi connectivity index (χ2n) is 21.2. The molecule has 0 bridgehead atoms. The Bertz CT molecular complexity index is 1550. The van der Waals surface area contributed by atoms with Crippen molar-refractivity contribution in [2.45, 2.75) is 292 Å². The lowest BCUT2D eigenvalue weighted by atomic mass is 9.97. The lowest BCUT2D eigenvalue weighted by Crippen LogP contribution is -2.65. The van der Waals surface area contributed by atoms with Crippen molar-refractivity contribution in [2.75, 3.05) is 33.0 Å². The largest absolute Gasteiger partial charge is 0.462 e. The number of esters is 2. The Balaban J connectivity index is 1.57. The van der Waals surface area contributed by atoms with E-state index in [1.165, 1.54) is 89.9 Å². The van der Waals surface area contributed by atoms with E-state index in [1.807, 2.05) is 0 Å². The monoisotopic (exact) mass is 1110 g/mol. The summed E-state index contributed by atoms with van der Waals surface area (Å²) in [7, 11) is 0. The van der Waals surface area contributed by atoms with Gasteiger partial charge < -0.3 is 89.0 Å². The molecule has 0 aromatic heterocycles. The first-order valence-corrected chi connectivity index (χ1v) is 29.4. The van der Waals surface area contributed by atoms with Crippen LogP contribution in [0.4, 0.5) is 0 Å². The Kier molecular flexibility index (Phi) is 37.4. The number of hydrogen-bond acceptors (Lipinski definition) is 20. The van der Waals surface area contributed by atoms with Gasteiger partial charge in [0.25, 0.3) is 0 Å². The van der Waals surface area contributed by atoms with Crippen LogP contribution in [0.3, 0.4) is 0 Å². The molecule has 3 aliphatic heterocycles. The Morgan fingerprint density at radius 1 is 0.442 bits per heavy atom. The zero-order chi connectivity index (χ0) is 56.2. The molecule has 450 valence electrons. The van der Waals surface area contributed by atoms with Crippen molar-refractivity contribution in [1.29, 1.82) is 0 Å². The van der Waals surface area contributed by atoms with Gasteiger partial charge in [0.15, 0.2) is 25.0 Å². The van der Waals surface area contributed by atoms with Crippen molar-refractivity contribution in [3.05, 3.63) is 24.3 Å². The number of aliphatic hydroxyl groups excluding tert-OH is 10. The predicted molar refractivity (Wildman–Crippen MR) is 285 cm³/mol. The van der Waals surface area contributed by atoms with E-state index in [2.05, 4.69) is 38.2 Å². The van der Waals surface area contributed by atoms with Gasteiger partial charge in [-0.15, -0.1) is 0 Å². The van der Waals surface area contributed by atoms with Gasteiger partial charge in [0.2, 0.25) is 0 Å². The van der Waals surface area contributed by atoms with Crippen LogP contribution in [0.5, 0.6) is 0 Å². The Hall–Kier alpha value is -2.22. The van der Waals surface area contributed by atoms with E-state index in [0.29, 0.717) is 12.8 Å². The summed E-state index contributed by atoms with van der Waals surface area (Å²) in [6.07, 6.45) is 10.9. The van der Waals surface area contributed by atoms with Crippen LogP contribution in [0.1, 0.15) is 194 Å². The summed E-state index contributed by atoms with van der Waals surface area (Å²) in [6, 6.07) is 0. The number of carbonyl (C=O) groups excluding carboxylic acids is 2. The van der Waals surface area contributed by atoms with Gasteiger partial charge in [-0.05, 0) is 44.9 Å². The number of hydrogen-bond donors (Lipinski definition) is 10. The molecule has 3 fully saturated rings. The van der Waals surface area contributed by atoms with Gasteiger partial charge in [0, 0.05) is 12.8 Å². The summed E-state index contributed by atoms with van der Waals surface area (Å²) in [5.41, 5.74) is 0. The average molecular weight is 1110 g/mol. The molecule has 77 heavy (non-hydrogen) atoms. The lowest BCUT2D eigenvalue weighted by molar-refractivity contribution is -0.373. The zero-order valence-corrected chi connectivity index (χ0v) is 46.4. The molecule has 10 N–H and O–H groups in total. The first-order chi connectivity index (χ1) is 37.3. The van der Waals surface area contributed by atoms with Crippen LogP contribution < -0.4 is 0 Å². The van der Waals surface area contributed by atoms with Crippen LogP contribution in [-0.2, 0) is 47.5 Å². The Morgan fingerprint density at radius 3 is 1.40 bits per heavy atom. The van der Waals surface area contributed by atoms with Crippen LogP contribution in [0.2, 0.25) is 0 Å². The maximum absolute atomic E-state index is 13.2. The van der Waals surface area contributed by atoms with E-state index < -0.39 is 137 Å². The molecule has 6 unspecified atom stereocenters. The second kappa shape index (κ2) is 41.7. The first-order valence-electron chi connectivity index (χ1n) is 29.4. The molecule has 0 radical (unpaired) electrons. The summed E-state index contributed by atoms with van der Waals surface area (Å²) >= 11 is 0. The van der Waals surface area contributed by atoms with E-state index >= 15 is 0 Å². The summed E-state index contributed by atoms with van der Waals surface area (Å²) in [5, 5.41) is 105. The van der Waals surface area contributed by atoms with Gasteiger partial charge in [-0.25, -0.2) is 0 Å². The molecule has 20 nitrogen and oxygen atoms in total. The number of allylic oxidation sites excluding steroid dienone is 4. The smallest absolute Gasteiger partial charge is 0.306 e. The molecule has 0 amide bonds. The fourth-order valence-corrected chi connectivity index (χ4v) is 9.59. The molecule has 3 saturated heterocycles. The van der Waals surface area contributed by atoms with Crippen molar-refractivity contribution in [3.8, 4) is 0 Å². The molecule has 3 heterocycles. The summed E-state index contributed by atoms with van der Waals surface area (Å²) in [6.45, 7) is 1.37. The number of unbranched alkanes of at least 4 members (excludes halogenated alkanes) is 22. The molecule has 20 heteroatoms. The summed E-state index contributed by atoms with van der Waals surface area (Å²) in [5.74, 6) is -1.06. The normalized spacial score (nSPS) is 30.3. The highest BCUT2D eigenvalue weighted by atomic mass is 16.8. The minimum Gasteiger partial charge on any atom is -0.462 e. The van der Waals surface area contributed by atoms with Gasteiger partial charge >= 0.3 is 11.9 Å². The Labute approximate surface area is 458 Å². The Morgan fingerprint density at radius 2 is 0.870 bits per heavy atom. The minimum atomic E-state index is -1.99. The van der Waals surface area contributed by atoms with Gasteiger partial charge in [-0.2, -0.15) is 0 Å². The molecule has 0 spiro atoms. The molecule has 3 aliphatic rings. The second-order valence-corrected chi connectivity index (χ2v) is 21.2. The molecule has 16 atom stereocenters. The average Bonchev–Trinajstić information content (AvgIpc) is 3.42. The van der Waals surface area contributed by atoms with Gasteiger partial charge in [-0.1, -0.05) is 160 Å². The van der Waals surface area contributed by atoms with Crippen molar-refractivity contribution in [2.24, 2.45) is 0 Å². The van der Waals surface area contributed by atoms with Crippen molar-refractivity contribution in [1.82, 2.24) is 0 Å². The third kappa shape index (κ3) is 26.9. The molecule has 0 saturated carbocycles. The van der Waals surface area contributed by atoms with Gasteiger partial charge in [-0.3, -0.25) is 9.59 Å². The zero-order valence-electron chi connectivity index (χ0n) is 46.4. The highest BCUT2D eigenvalue weighted by molar-refractivity contribution is 5.70. The van der Waals surface area contributed by atoms with E-state index in [4.69, 9.17) is 37.9 Å². The summed E-state index contributed by atoms with van der Waals surface area (Å²) in [4.78, 5) is 26.2. The minimum absolute atomic E-state index is 0.100. The van der Waals surface area contributed by atoms with Crippen LogP contribution in [0, 0.1) is 0 Å². The maximum Gasteiger partial charge on any atom is 0.306 e. The molecular formula is C57H102O20. The molecule has 0 aliphatic carbocycles. The SMILES string of the molecule is CCCCCC/C=C\C/C=C\CCCCCCC(=O)OC[C@H](CO[C@H]1OC(CO)[C@@H](O)[C@H](O)C1O[C@@H]1OC(CO[C@H]2OC(CO)C(O)[C@H](O)[C@H]2O)[C@H](O)C(O)[C@H]1O)OC(=O)CCCCCCCCCCCCCCCCC. The van der Waals surface area contributed by atoms with E-state index in [9.17, 15) is 60.7 Å². The highest BCUT2D eigenvalue weighted by Gasteiger charge is 2.52. The van der Waals surface area contributed by atoms with E-state index in [1.54, 1.807) is 0 Å². The molecular weight excluding hydrogens is 1000 g/mol. The van der Waals surface area contributed by atoms with E-state index in [0.717, 1.165) is 64.2 Å². The van der Waals surface area contributed by atoms with Crippen molar-refractivity contribution < 1.29 is 98.5 Å². The van der Waals surface area contributed by atoms with E-state index in [-0.39, 0.29) is 19.4 Å². The van der Waals surface area contributed by atoms with Crippen LogP contribution in [-0.4, -0.2) is 194 Å². The molecule has 0 aromatic carbocycles. The number of aliphatic hydroxyl groups is 10. The molecule has 0 aromatic rings. The highest BCUT2D eigenvalue weighted by Crippen LogP contribution is 2.31. The first kappa shape index (κ1) is 69.1. The fraction of sp³-hybridized carbons (Fsp3) is 0.895. The van der Waals surface area contributed by atoms with Gasteiger partial charge in [0.1, 0.15) is 79.9 Å². The number of ether oxygens (including phenoxy) is 8. The van der Waals surface area contributed by atoms with Crippen molar-refractivity contribution >= 4 is 11.9 Å². The van der Waals surface area contributed by atoms with Gasteiger partial charge in [0.05, 0.1) is 26.4 Å². The van der Waals surface area contributed by atoms with Crippen LogP contribution in [0.25, 0.3) is 0 Å². The topological polar surface area (TPSA) is 310 Å². The summed E-state index contributed by atoms with van der Waals surface area (Å²) < 4.78 is 45.6. The third-order valence-electron chi connectivity index (χ3n) is 14.5. The van der Waals surface area contributed by atoms with Crippen molar-refractivity contribution in [3.63, 3.8) is 0 Å². The number of carbonyl (C=O) groups is 2. The lowest BCUT2D eigenvalue weighted by Gasteiger charge is -2.46.